The molecule has 0 radical (unpaired) electrons. The molecule has 0 spiro atoms. The maximum Gasteiger partial charge on any atom is 0.0708 e. The number of fused-ring (bicyclic) bond motifs is 1. The summed E-state index contributed by atoms with van der Waals surface area (Å²) < 4.78 is 5.62. The van der Waals surface area contributed by atoms with Crippen molar-refractivity contribution in [2.75, 3.05) is 13.2 Å². The lowest BCUT2D eigenvalue weighted by molar-refractivity contribution is 0.112. The molecule has 0 bridgehead atoms. The minimum atomic E-state index is -0.0156. The molecule has 0 aliphatic heterocycles. The number of benzene rings is 1. The first kappa shape index (κ1) is 13.9. The van der Waals surface area contributed by atoms with Gasteiger partial charge in [-0.1, -0.05) is 25.1 Å². The summed E-state index contributed by atoms with van der Waals surface area (Å²) in [5, 5.41) is 1.12. The van der Waals surface area contributed by atoms with Crippen molar-refractivity contribution in [1.29, 1.82) is 0 Å². The summed E-state index contributed by atoms with van der Waals surface area (Å²) in [6, 6.07) is 10.2. The summed E-state index contributed by atoms with van der Waals surface area (Å²) in [7, 11) is 0. The van der Waals surface area contributed by atoms with Crippen LogP contribution in [-0.2, 0) is 4.74 Å². The largest absolute Gasteiger partial charge is 0.379 e. The standard InChI is InChI=1S/C15H21N3O/c1-3-8-19-10-15(18-16)13-9-11(2)17-14-7-5-4-6-12(13)14/h4-7,9,15,18H,3,8,10,16H2,1-2H3. The van der Waals surface area contributed by atoms with Crippen molar-refractivity contribution in [3.05, 3.63) is 41.6 Å². The summed E-state index contributed by atoms with van der Waals surface area (Å²) >= 11 is 0. The summed E-state index contributed by atoms with van der Waals surface area (Å²) in [6.07, 6.45) is 1.01. The van der Waals surface area contributed by atoms with E-state index in [1.165, 1.54) is 0 Å². The molecule has 0 fully saturated rings. The molecule has 2 rings (SSSR count). The summed E-state index contributed by atoms with van der Waals surface area (Å²) in [5.74, 6) is 5.68. The maximum atomic E-state index is 5.68. The highest BCUT2D eigenvalue weighted by Crippen LogP contribution is 2.24. The van der Waals surface area contributed by atoms with Gasteiger partial charge in [-0.25, -0.2) is 0 Å². The maximum absolute atomic E-state index is 5.68. The molecule has 0 aliphatic rings. The van der Waals surface area contributed by atoms with Gasteiger partial charge in [-0.15, -0.1) is 0 Å². The van der Waals surface area contributed by atoms with E-state index in [0.29, 0.717) is 6.61 Å². The molecule has 1 aromatic heterocycles. The number of hydrogen-bond acceptors (Lipinski definition) is 4. The van der Waals surface area contributed by atoms with Gasteiger partial charge in [0.05, 0.1) is 18.2 Å². The van der Waals surface area contributed by atoms with Gasteiger partial charge in [-0.2, -0.15) is 0 Å². The van der Waals surface area contributed by atoms with Crippen LogP contribution in [0.25, 0.3) is 10.9 Å². The zero-order valence-corrected chi connectivity index (χ0v) is 11.5. The van der Waals surface area contributed by atoms with E-state index >= 15 is 0 Å². The zero-order chi connectivity index (χ0) is 13.7. The lowest BCUT2D eigenvalue weighted by Crippen LogP contribution is -2.31. The zero-order valence-electron chi connectivity index (χ0n) is 11.5. The van der Waals surface area contributed by atoms with E-state index in [9.17, 15) is 0 Å². The fraction of sp³-hybridized carbons (Fsp3) is 0.400. The molecule has 0 aliphatic carbocycles. The van der Waals surface area contributed by atoms with E-state index in [4.69, 9.17) is 10.6 Å². The van der Waals surface area contributed by atoms with Crippen LogP contribution in [0.3, 0.4) is 0 Å². The molecule has 4 nitrogen and oxygen atoms in total. The molecule has 0 amide bonds. The van der Waals surface area contributed by atoms with Crippen molar-refractivity contribution < 1.29 is 4.74 Å². The highest BCUT2D eigenvalue weighted by Gasteiger charge is 2.14. The Kier molecular flexibility index (Phi) is 4.85. The number of para-hydroxylation sites is 1. The van der Waals surface area contributed by atoms with Gasteiger partial charge in [0.2, 0.25) is 0 Å². The predicted octanol–water partition coefficient (Wildman–Crippen LogP) is 2.47. The molecule has 1 atom stereocenters. The third-order valence-electron chi connectivity index (χ3n) is 3.09. The van der Waals surface area contributed by atoms with Crippen LogP contribution in [0, 0.1) is 6.92 Å². The first-order valence-electron chi connectivity index (χ1n) is 6.66. The van der Waals surface area contributed by atoms with Crippen molar-refractivity contribution in [2.45, 2.75) is 26.3 Å². The van der Waals surface area contributed by atoms with Crippen molar-refractivity contribution >= 4 is 10.9 Å². The molecule has 1 unspecified atom stereocenters. The molecule has 1 aromatic carbocycles. The number of hydrogen-bond donors (Lipinski definition) is 2. The van der Waals surface area contributed by atoms with E-state index in [-0.39, 0.29) is 6.04 Å². The first-order valence-corrected chi connectivity index (χ1v) is 6.66. The summed E-state index contributed by atoms with van der Waals surface area (Å²) in [4.78, 5) is 4.54. The number of nitrogens with two attached hydrogens (primary N) is 1. The highest BCUT2D eigenvalue weighted by atomic mass is 16.5. The van der Waals surface area contributed by atoms with Gasteiger partial charge in [-0.3, -0.25) is 16.3 Å². The third kappa shape index (κ3) is 3.29. The van der Waals surface area contributed by atoms with Crippen LogP contribution in [-0.4, -0.2) is 18.2 Å². The van der Waals surface area contributed by atoms with Gasteiger partial charge in [0.25, 0.3) is 0 Å². The normalized spacial score (nSPS) is 12.8. The molecule has 2 aromatic rings. The molecular weight excluding hydrogens is 238 g/mol. The second-order valence-electron chi connectivity index (χ2n) is 4.66. The Labute approximate surface area is 113 Å². The molecule has 102 valence electrons. The topological polar surface area (TPSA) is 60.2 Å². The van der Waals surface area contributed by atoms with Crippen molar-refractivity contribution in [1.82, 2.24) is 10.4 Å². The second kappa shape index (κ2) is 6.61. The summed E-state index contributed by atoms with van der Waals surface area (Å²) in [5.41, 5.74) is 5.97. The fourth-order valence-corrected chi connectivity index (χ4v) is 2.20. The number of aromatic nitrogens is 1. The Morgan fingerprint density at radius 2 is 2.16 bits per heavy atom. The lowest BCUT2D eigenvalue weighted by Gasteiger charge is -2.19. The van der Waals surface area contributed by atoms with Crippen LogP contribution in [0.5, 0.6) is 0 Å². The number of ether oxygens (including phenoxy) is 1. The molecule has 19 heavy (non-hydrogen) atoms. The Morgan fingerprint density at radius 3 is 2.89 bits per heavy atom. The second-order valence-corrected chi connectivity index (χ2v) is 4.66. The Bertz CT molecular complexity index is 542. The van der Waals surface area contributed by atoms with Gasteiger partial charge in [0.15, 0.2) is 0 Å². The monoisotopic (exact) mass is 259 g/mol. The van der Waals surface area contributed by atoms with Crippen LogP contribution in [0.4, 0.5) is 0 Å². The number of hydrazine groups is 1. The molecule has 4 heteroatoms. The Hall–Kier alpha value is -1.49. The number of rotatable bonds is 6. The van der Waals surface area contributed by atoms with Crippen LogP contribution in [0.15, 0.2) is 30.3 Å². The highest BCUT2D eigenvalue weighted by molar-refractivity contribution is 5.82. The van der Waals surface area contributed by atoms with Gasteiger partial charge < -0.3 is 4.74 Å². The van der Waals surface area contributed by atoms with Gasteiger partial charge in [-0.05, 0) is 31.0 Å². The van der Waals surface area contributed by atoms with Crippen molar-refractivity contribution in [3.63, 3.8) is 0 Å². The smallest absolute Gasteiger partial charge is 0.0708 e. The average molecular weight is 259 g/mol. The SMILES string of the molecule is CCCOCC(NN)c1cc(C)nc2ccccc12. The van der Waals surface area contributed by atoms with E-state index < -0.39 is 0 Å². The molecular formula is C15H21N3O. The molecule has 0 saturated heterocycles. The molecule has 1 heterocycles. The van der Waals surface area contributed by atoms with Crippen LogP contribution in [0.1, 0.15) is 30.6 Å². The number of nitrogens with one attached hydrogen (secondary N) is 1. The fourth-order valence-electron chi connectivity index (χ4n) is 2.20. The number of pyridine rings is 1. The predicted molar refractivity (Wildman–Crippen MR) is 77.7 cm³/mol. The summed E-state index contributed by atoms with van der Waals surface area (Å²) in [6.45, 7) is 5.41. The van der Waals surface area contributed by atoms with Gasteiger partial charge >= 0.3 is 0 Å². The molecule has 3 N–H and O–H groups in total. The quantitative estimate of drug-likeness (QED) is 0.475. The van der Waals surface area contributed by atoms with Crippen LogP contribution < -0.4 is 11.3 Å². The van der Waals surface area contributed by atoms with Crippen LogP contribution in [0.2, 0.25) is 0 Å². The Balaban J connectivity index is 2.35. The van der Waals surface area contributed by atoms with Gasteiger partial charge in [0.1, 0.15) is 0 Å². The van der Waals surface area contributed by atoms with E-state index in [0.717, 1.165) is 35.2 Å². The van der Waals surface area contributed by atoms with Gasteiger partial charge in [0, 0.05) is 17.7 Å². The number of nitrogens with zero attached hydrogens (tertiary/aromatic N) is 1. The number of aryl methyl sites for hydroxylation is 1. The van der Waals surface area contributed by atoms with E-state index in [2.05, 4.69) is 29.5 Å². The third-order valence-corrected chi connectivity index (χ3v) is 3.09. The van der Waals surface area contributed by atoms with Crippen molar-refractivity contribution in [2.24, 2.45) is 5.84 Å². The Morgan fingerprint density at radius 1 is 1.37 bits per heavy atom. The first-order chi connectivity index (χ1) is 9.26. The molecule has 0 saturated carbocycles. The van der Waals surface area contributed by atoms with Crippen LogP contribution >= 0.6 is 0 Å². The van der Waals surface area contributed by atoms with E-state index in [1.807, 2.05) is 25.1 Å². The van der Waals surface area contributed by atoms with Crippen molar-refractivity contribution in [3.8, 4) is 0 Å². The minimum Gasteiger partial charge on any atom is -0.379 e. The van der Waals surface area contributed by atoms with E-state index in [1.54, 1.807) is 0 Å². The lowest BCUT2D eigenvalue weighted by atomic mass is 10.0. The average Bonchev–Trinajstić information content (AvgIpc) is 2.43. The minimum absolute atomic E-state index is 0.0156.